The first-order valence-corrected chi connectivity index (χ1v) is 7.45. The number of hydrogen-bond acceptors (Lipinski definition) is 4. The number of furan rings is 1. The predicted octanol–water partition coefficient (Wildman–Crippen LogP) is 1.76. The van der Waals surface area contributed by atoms with Crippen LogP contribution in [0, 0.1) is 5.41 Å². The van der Waals surface area contributed by atoms with Crippen LogP contribution >= 0.6 is 0 Å². The molecule has 22 heavy (non-hydrogen) atoms. The number of nitrogens with one attached hydrogen (secondary N) is 2. The van der Waals surface area contributed by atoms with Gasteiger partial charge in [-0.05, 0) is 24.5 Å². The van der Waals surface area contributed by atoms with Crippen LogP contribution in [0.25, 0.3) is 0 Å². The fraction of sp³-hybridized carbons (Fsp3) is 0.625. The summed E-state index contributed by atoms with van der Waals surface area (Å²) in [5.74, 6) is 0.0481. The molecule has 1 heterocycles. The zero-order chi connectivity index (χ0) is 16.8. The van der Waals surface area contributed by atoms with Crippen LogP contribution in [0.3, 0.4) is 0 Å². The van der Waals surface area contributed by atoms with Gasteiger partial charge in [0.25, 0.3) is 0 Å². The van der Waals surface area contributed by atoms with E-state index < -0.39 is 6.10 Å². The molecule has 1 aromatic heterocycles. The zero-order valence-electron chi connectivity index (χ0n) is 13.7. The van der Waals surface area contributed by atoms with E-state index in [0.29, 0.717) is 18.6 Å². The van der Waals surface area contributed by atoms with E-state index >= 15 is 0 Å². The van der Waals surface area contributed by atoms with Gasteiger partial charge in [0, 0.05) is 18.9 Å². The molecule has 3 N–H and O–H groups in total. The quantitative estimate of drug-likeness (QED) is 0.715. The Balaban J connectivity index is 2.28. The summed E-state index contributed by atoms with van der Waals surface area (Å²) in [6, 6.07) is 3.16. The first kappa shape index (κ1) is 18.2. The van der Waals surface area contributed by atoms with Crippen molar-refractivity contribution in [2.24, 2.45) is 5.41 Å². The Kier molecular flexibility index (Phi) is 6.61. The highest BCUT2D eigenvalue weighted by molar-refractivity contribution is 5.84. The van der Waals surface area contributed by atoms with Gasteiger partial charge >= 0.3 is 0 Å². The van der Waals surface area contributed by atoms with Gasteiger partial charge in [-0.1, -0.05) is 20.8 Å². The maximum Gasteiger partial charge on any atom is 0.239 e. The van der Waals surface area contributed by atoms with Gasteiger partial charge in [-0.3, -0.25) is 9.59 Å². The van der Waals surface area contributed by atoms with Crippen molar-refractivity contribution in [3.05, 3.63) is 24.2 Å². The molecule has 0 saturated heterocycles. The average molecular weight is 310 g/mol. The molecule has 0 spiro atoms. The minimum absolute atomic E-state index is 0.0594. The number of hydrogen-bond donors (Lipinski definition) is 3. The number of carbonyl (C=O) groups excluding carboxylic acids is 2. The molecule has 0 bridgehead atoms. The van der Waals surface area contributed by atoms with E-state index in [1.807, 2.05) is 20.8 Å². The molecule has 124 valence electrons. The Morgan fingerprint density at radius 3 is 2.55 bits per heavy atom. The minimum atomic E-state index is -0.763. The van der Waals surface area contributed by atoms with Gasteiger partial charge < -0.3 is 20.2 Å². The lowest BCUT2D eigenvalue weighted by Crippen LogP contribution is -2.42. The first-order valence-electron chi connectivity index (χ1n) is 7.45. The summed E-state index contributed by atoms with van der Waals surface area (Å²) in [6.07, 6.45) is 1.44. The molecule has 2 atom stereocenters. The van der Waals surface area contributed by atoms with E-state index in [0.717, 1.165) is 0 Å². The number of rotatable bonds is 7. The van der Waals surface area contributed by atoms with Crippen LogP contribution in [0.1, 0.15) is 52.4 Å². The second kappa shape index (κ2) is 7.98. The summed E-state index contributed by atoms with van der Waals surface area (Å²) in [7, 11) is 0. The van der Waals surface area contributed by atoms with Crippen LogP contribution in [0.15, 0.2) is 22.8 Å². The van der Waals surface area contributed by atoms with E-state index in [1.165, 1.54) is 6.26 Å². The van der Waals surface area contributed by atoms with Gasteiger partial charge in [0.05, 0.1) is 12.8 Å². The summed E-state index contributed by atoms with van der Waals surface area (Å²) in [6.45, 7) is 7.62. The van der Waals surface area contributed by atoms with Crippen molar-refractivity contribution in [1.29, 1.82) is 0 Å². The normalized spacial score (nSPS) is 14.2. The van der Waals surface area contributed by atoms with E-state index in [-0.39, 0.29) is 29.8 Å². The van der Waals surface area contributed by atoms with Gasteiger partial charge in [0.15, 0.2) is 0 Å². The van der Waals surface area contributed by atoms with Crippen LogP contribution in [-0.2, 0) is 9.59 Å². The summed E-state index contributed by atoms with van der Waals surface area (Å²) in [5, 5.41) is 15.3. The van der Waals surface area contributed by atoms with Crippen LogP contribution in [0.4, 0.5) is 0 Å². The van der Waals surface area contributed by atoms with Gasteiger partial charge in [0.1, 0.15) is 11.9 Å². The lowest BCUT2D eigenvalue weighted by Gasteiger charge is -2.19. The molecular formula is C16H26N2O4. The third kappa shape index (κ3) is 7.26. The third-order valence-electron chi connectivity index (χ3n) is 2.99. The second-order valence-electron chi connectivity index (χ2n) is 6.75. The Hall–Kier alpha value is -1.82. The highest BCUT2D eigenvalue weighted by Crippen LogP contribution is 2.18. The number of aliphatic hydroxyl groups excluding tert-OH is 1. The Morgan fingerprint density at radius 1 is 1.32 bits per heavy atom. The number of carbonyl (C=O) groups is 2. The molecule has 1 aromatic rings. The molecule has 6 nitrogen and oxygen atoms in total. The topological polar surface area (TPSA) is 91.6 Å². The predicted molar refractivity (Wildman–Crippen MR) is 83.0 cm³/mol. The van der Waals surface area contributed by atoms with Crippen molar-refractivity contribution in [3.63, 3.8) is 0 Å². The van der Waals surface area contributed by atoms with E-state index in [2.05, 4.69) is 10.6 Å². The maximum absolute atomic E-state index is 11.8. The smallest absolute Gasteiger partial charge is 0.239 e. The molecule has 2 unspecified atom stereocenters. The fourth-order valence-corrected chi connectivity index (χ4v) is 2.04. The summed E-state index contributed by atoms with van der Waals surface area (Å²) in [5.41, 5.74) is -0.110. The monoisotopic (exact) mass is 310 g/mol. The van der Waals surface area contributed by atoms with E-state index in [1.54, 1.807) is 19.1 Å². The number of amides is 2. The Bertz CT molecular complexity index is 477. The molecule has 0 radical (unpaired) electrons. The SMILES string of the molecule is CC(CC(O)c1ccco1)NC(=O)CNC(=O)CC(C)(C)C. The molecular weight excluding hydrogens is 284 g/mol. The van der Waals surface area contributed by atoms with Gasteiger partial charge in [-0.25, -0.2) is 0 Å². The Labute approximate surface area is 131 Å². The largest absolute Gasteiger partial charge is 0.467 e. The molecule has 0 aromatic carbocycles. The second-order valence-corrected chi connectivity index (χ2v) is 6.75. The lowest BCUT2D eigenvalue weighted by molar-refractivity contribution is -0.127. The molecule has 6 heteroatoms. The van der Waals surface area contributed by atoms with E-state index in [9.17, 15) is 14.7 Å². The van der Waals surface area contributed by atoms with Gasteiger partial charge in [-0.15, -0.1) is 0 Å². The highest BCUT2D eigenvalue weighted by atomic mass is 16.4. The van der Waals surface area contributed by atoms with Crippen molar-refractivity contribution in [3.8, 4) is 0 Å². The summed E-state index contributed by atoms with van der Waals surface area (Å²) >= 11 is 0. The van der Waals surface area contributed by atoms with Crippen LogP contribution < -0.4 is 10.6 Å². The van der Waals surface area contributed by atoms with Crippen LogP contribution in [0.2, 0.25) is 0 Å². The van der Waals surface area contributed by atoms with Gasteiger partial charge in [0.2, 0.25) is 11.8 Å². The van der Waals surface area contributed by atoms with Crippen LogP contribution in [0.5, 0.6) is 0 Å². The van der Waals surface area contributed by atoms with Crippen molar-refractivity contribution in [2.45, 2.75) is 52.7 Å². The molecule has 1 rings (SSSR count). The lowest BCUT2D eigenvalue weighted by atomic mass is 9.92. The molecule has 0 aliphatic heterocycles. The molecule has 0 aliphatic carbocycles. The maximum atomic E-state index is 11.8. The van der Waals surface area contributed by atoms with Crippen molar-refractivity contribution < 1.29 is 19.1 Å². The zero-order valence-corrected chi connectivity index (χ0v) is 13.7. The van der Waals surface area contributed by atoms with Gasteiger partial charge in [-0.2, -0.15) is 0 Å². The van der Waals surface area contributed by atoms with Crippen molar-refractivity contribution in [1.82, 2.24) is 10.6 Å². The highest BCUT2D eigenvalue weighted by Gasteiger charge is 2.18. The van der Waals surface area contributed by atoms with E-state index in [4.69, 9.17) is 4.42 Å². The standard InChI is InChI=1S/C16H26N2O4/c1-11(8-12(19)13-6-5-7-22-13)18-15(21)10-17-14(20)9-16(2,3)4/h5-7,11-12,19H,8-10H2,1-4H3,(H,17,20)(H,18,21). The first-order chi connectivity index (χ1) is 10.2. The summed E-state index contributed by atoms with van der Waals surface area (Å²) in [4.78, 5) is 23.4. The Morgan fingerprint density at radius 2 is 2.00 bits per heavy atom. The van der Waals surface area contributed by atoms with Crippen LogP contribution in [-0.4, -0.2) is 29.5 Å². The minimum Gasteiger partial charge on any atom is -0.467 e. The molecule has 0 fully saturated rings. The molecule has 2 amide bonds. The average Bonchev–Trinajstić information content (AvgIpc) is 2.87. The fourth-order valence-electron chi connectivity index (χ4n) is 2.04. The third-order valence-corrected chi connectivity index (χ3v) is 2.99. The van der Waals surface area contributed by atoms with Crippen molar-refractivity contribution in [2.75, 3.05) is 6.54 Å². The number of aliphatic hydroxyl groups is 1. The van der Waals surface area contributed by atoms with Crippen molar-refractivity contribution >= 4 is 11.8 Å². The molecule has 0 aliphatic rings. The summed E-state index contributed by atoms with van der Waals surface area (Å²) < 4.78 is 5.11. The molecule has 0 saturated carbocycles.